The molecule has 1 aliphatic heterocycles. The summed E-state index contributed by atoms with van der Waals surface area (Å²) in [6.07, 6.45) is 2.24. The minimum atomic E-state index is 0.0793. The van der Waals surface area contributed by atoms with E-state index in [1.807, 2.05) is 26.8 Å². The van der Waals surface area contributed by atoms with Gasteiger partial charge in [0.1, 0.15) is 0 Å². The summed E-state index contributed by atoms with van der Waals surface area (Å²) in [4.78, 5) is 14.7. The van der Waals surface area contributed by atoms with Gasteiger partial charge in [0.25, 0.3) is 0 Å². The molecule has 0 spiro atoms. The zero-order valence-corrected chi connectivity index (χ0v) is 16.4. The van der Waals surface area contributed by atoms with E-state index in [0.29, 0.717) is 12.5 Å². The number of benzene rings is 1. The Labute approximate surface area is 156 Å². The number of hydrogen-bond donors (Lipinski definition) is 1. The zero-order chi connectivity index (χ0) is 18.7. The summed E-state index contributed by atoms with van der Waals surface area (Å²) in [5.74, 6) is 0.724. The monoisotopic (exact) mass is 354 g/mol. The minimum absolute atomic E-state index is 0.0793. The standard InChI is InChI=1S/C21H30N4O/c1-15-5-6-16(2)20(11-15)22-21(26)14-24-9-7-19(8-10-24)13-25-18(4)12-17(3)23-25/h5-6,11-12,19H,7-10,13-14H2,1-4H3,(H,22,26). The summed E-state index contributed by atoms with van der Waals surface area (Å²) in [7, 11) is 0. The minimum Gasteiger partial charge on any atom is -0.325 e. The Bertz CT molecular complexity index is 772. The maximum atomic E-state index is 12.4. The third-order valence-corrected chi connectivity index (χ3v) is 5.28. The molecule has 0 radical (unpaired) electrons. The molecule has 5 heteroatoms. The van der Waals surface area contributed by atoms with E-state index >= 15 is 0 Å². The second-order valence-corrected chi connectivity index (χ2v) is 7.70. The van der Waals surface area contributed by atoms with Crippen LogP contribution in [0.5, 0.6) is 0 Å². The number of carbonyl (C=O) groups is 1. The Morgan fingerprint density at radius 2 is 1.88 bits per heavy atom. The van der Waals surface area contributed by atoms with Crippen LogP contribution in [0.3, 0.4) is 0 Å². The first kappa shape index (κ1) is 18.6. The fraction of sp³-hybridized carbons (Fsp3) is 0.524. The molecule has 1 aromatic heterocycles. The topological polar surface area (TPSA) is 50.2 Å². The number of likely N-dealkylation sites (tertiary alicyclic amines) is 1. The van der Waals surface area contributed by atoms with Gasteiger partial charge >= 0.3 is 0 Å². The maximum Gasteiger partial charge on any atom is 0.238 e. The van der Waals surface area contributed by atoms with Crippen molar-refractivity contribution in [3.63, 3.8) is 0 Å². The second-order valence-electron chi connectivity index (χ2n) is 7.70. The molecule has 1 fully saturated rings. The van der Waals surface area contributed by atoms with Crippen molar-refractivity contribution in [3.05, 3.63) is 46.8 Å². The first-order valence-corrected chi connectivity index (χ1v) is 9.51. The Balaban J connectivity index is 1.47. The van der Waals surface area contributed by atoms with E-state index < -0.39 is 0 Å². The summed E-state index contributed by atoms with van der Waals surface area (Å²) in [6, 6.07) is 8.29. The lowest BCUT2D eigenvalue weighted by molar-refractivity contribution is -0.117. The first-order chi connectivity index (χ1) is 12.4. The fourth-order valence-corrected chi connectivity index (χ4v) is 3.69. The lowest BCUT2D eigenvalue weighted by Crippen LogP contribution is -2.40. The van der Waals surface area contributed by atoms with Gasteiger partial charge in [-0.05, 0) is 82.8 Å². The number of carbonyl (C=O) groups excluding carboxylic acids is 1. The average Bonchev–Trinajstić information content (AvgIpc) is 2.90. The van der Waals surface area contributed by atoms with Crippen molar-refractivity contribution < 1.29 is 4.79 Å². The molecule has 2 heterocycles. The number of piperidine rings is 1. The number of nitrogens with one attached hydrogen (secondary N) is 1. The van der Waals surface area contributed by atoms with Crippen LogP contribution < -0.4 is 5.32 Å². The van der Waals surface area contributed by atoms with E-state index in [0.717, 1.165) is 55.0 Å². The van der Waals surface area contributed by atoms with Crippen molar-refractivity contribution >= 4 is 11.6 Å². The van der Waals surface area contributed by atoms with Gasteiger partial charge < -0.3 is 5.32 Å². The molecule has 1 N–H and O–H groups in total. The number of nitrogens with zero attached hydrogens (tertiary/aromatic N) is 3. The van der Waals surface area contributed by atoms with Gasteiger partial charge in [-0.2, -0.15) is 5.10 Å². The van der Waals surface area contributed by atoms with Gasteiger partial charge in [-0.1, -0.05) is 12.1 Å². The van der Waals surface area contributed by atoms with Crippen LogP contribution in [0.1, 0.15) is 35.4 Å². The van der Waals surface area contributed by atoms with Crippen molar-refractivity contribution in [1.82, 2.24) is 14.7 Å². The number of amides is 1. The molecule has 1 aromatic carbocycles. The van der Waals surface area contributed by atoms with Crippen LogP contribution in [0.2, 0.25) is 0 Å². The van der Waals surface area contributed by atoms with Crippen molar-refractivity contribution in [2.45, 2.75) is 47.1 Å². The fourth-order valence-electron chi connectivity index (χ4n) is 3.69. The highest BCUT2D eigenvalue weighted by Crippen LogP contribution is 2.20. The number of aryl methyl sites for hydroxylation is 4. The third kappa shape index (κ3) is 4.73. The molecule has 0 saturated carbocycles. The lowest BCUT2D eigenvalue weighted by atomic mass is 9.97. The van der Waals surface area contributed by atoms with Crippen molar-refractivity contribution in [3.8, 4) is 0 Å². The van der Waals surface area contributed by atoms with Gasteiger partial charge in [0.2, 0.25) is 5.91 Å². The van der Waals surface area contributed by atoms with Crippen LogP contribution >= 0.6 is 0 Å². The molecule has 0 bridgehead atoms. The average molecular weight is 354 g/mol. The predicted molar refractivity (Wildman–Crippen MR) is 105 cm³/mol. The van der Waals surface area contributed by atoms with E-state index in [1.54, 1.807) is 0 Å². The molecule has 3 rings (SSSR count). The summed E-state index contributed by atoms with van der Waals surface area (Å²) >= 11 is 0. The van der Waals surface area contributed by atoms with Gasteiger partial charge in [0.05, 0.1) is 12.2 Å². The molecular formula is C21H30N4O. The Hall–Kier alpha value is -2.14. The van der Waals surface area contributed by atoms with E-state index in [-0.39, 0.29) is 5.91 Å². The maximum absolute atomic E-state index is 12.4. The normalized spacial score (nSPS) is 16.0. The number of aromatic nitrogens is 2. The summed E-state index contributed by atoms with van der Waals surface area (Å²) < 4.78 is 2.13. The zero-order valence-electron chi connectivity index (χ0n) is 16.4. The van der Waals surface area contributed by atoms with Gasteiger partial charge in [-0.25, -0.2) is 0 Å². The van der Waals surface area contributed by atoms with Crippen molar-refractivity contribution in [2.75, 3.05) is 25.0 Å². The number of rotatable bonds is 5. The highest BCUT2D eigenvalue weighted by atomic mass is 16.2. The molecule has 1 aliphatic rings. The molecule has 5 nitrogen and oxygen atoms in total. The SMILES string of the molecule is Cc1ccc(C)c(NC(=O)CN2CCC(Cn3nc(C)cc3C)CC2)c1. The Kier molecular flexibility index (Phi) is 5.77. The molecule has 0 atom stereocenters. The lowest BCUT2D eigenvalue weighted by Gasteiger charge is -2.31. The largest absolute Gasteiger partial charge is 0.325 e. The van der Waals surface area contributed by atoms with Gasteiger partial charge in [0.15, 0.2) is 0 Å². The third-order valence-electron chi connectivity index (χ3n) is 5.28. The molecular weight excluding hydrogens is 324 g/mol. The van der Waals surface area contributed by atoms with E-state index in [1.165, 1.54) is 5.69 Å². The van der Waals surface area contributed by atoms with E-state index in [2.05, 4.69) is 45.1 Å². The molecule has 26 heavy (non-hydrogen) atoms. The van der Waals surface area contributed by atoms with Crippen molar-refractivity contribution in [1.29, 1.82) is 0 Å². The number of anilines is 1. The van der Waals surface area contributed by atoms with E-state index in [4.69, 9.17) is 0 Å². The van der Waals surface area contributed by atoms with Crippen LogP contribution in [0, 0.1) is 33.6 Å². The molecule has 1 amide bonds. The molecule has 140 valence electrons. The Morgan fingerprint density at radius 1 is 1.15 bits per heavy atom. The smallest absolute Gasteiger partial charge is 0.238 e. The second kappa shape index (κ2) is 8.04. The molecule has 0 aliphatic carbocycles. The first-order valence-electron chi connectivity index (χ1n) is 9.51. The van der Waals surface area contributed by atoms with Crippen LogP contribution in [-0.2, 0) is 11.3 Å². The van der Waals surface area contributed by atoms with Crippen LogP contribution in [-0.4, -0.2) is 40.2 Å². The van der Waals surface area contributed by atoms with Gasteiger partial charge in [-0.15, -0.1) is 0 Å². The summed E-state index contributed by atoms with van der Waals surface area (Å²) in [5.41, 5.74) is 5.51. The van der Waals surface area contributed by atoms with E-state index in [9.17, 15) is 4.79 Å². The predicted octanol–water partition coefficient (Wildman–Crippen LogP) is 3.47. The molecule has 1 saturated heterocycles. The highest BCUT2D eigenvalue weighted by molar-refractivity contribution is 5.93. The van der Waals surface area contributed by atoms with Gasteiger partial charge in [0, 0.05) is 17.9 Å². The molecule has 0 unspecified atom stereocenters. The molecule has 2 aromatic rings. The quantitative estimate of drug-likeness (QED) is 0.894. The number of hydrogen-bond acceptors (Lipinski definition) is 3. The van der Waals surface area contributed by atoms with Crippen molar-refractivity contribution in [2.24, 2.45) is 5.92 Å². The van der Waals surface area contributed by atoms with Gasteiger partial charge in [-0.3, -0.25) is 14.4 Å². The highest BCUT2D eigenvalue weighted by Gasteiger charge is 2.22. The van der Waals surface area contributed by atoms with Crippen LogP contribution in [0.25, 0.3) is 0 Å². The summed E-state index contributed by atoms with van der Waals surface area (Å²) in [6.45, 7) is 11.6. The Morgan fingerprint density at radius 3 is 2.54 bits per heavy atom. The van der Waals surface area contributed by atoms with Crippen LogP contribution in [0.15, 0.2) is 24.3 Å². The van der Waals surface area contributed by atoms with Crippen LogP contribution in [0.4, 0.5) is 5.69 Å². The summed E-state index contributed by atoms with van der Waals surface area (Å²) in [5, 5.41) is 7.64.